The first-order chi connectivity index (χ1) is 14.1. The zero-order chi connectivity index (χ0) is 20.2. The minimum atomic E-state index is -0.196. The molecule has 0 aromatic heterocycles. The molecule has 0 radical (unpaired) electrons. The molecule has 4 rings (SSSR count). The molecule has 1 aliphatic heterocycles. The molecule has 5 heteroatoms. The van der Waals surface area contributed by atoms with Crippen molar-refractivity contribution in [1.29, 1.82) is 0 Å². The highest BCUT2D eigenvalue weighted by Gasteiger charge is 2.28. The quantitative estimate of drug-likeness (QED) is 0.586. The fraction of sp³-hybridized carbons (Fsp3) is 0.167. The van der Waals surface area contributed by atoms with Crippen LogP contribution in [0.25, 0.3) is 0 Å². The Morgan fingerprint density at radius 1 is 0.862 bits per heavy atom. The molecule has 4 nitrogen and oxygen atoms in total. The average Bonchev–Trinajstić information content (AvgIpc) is 2.79. The van der Waals surface area contributed by atoms with Crippen molar-refractivity contribution in [3.8, 4) is 0 Å². The molecule has 1 unspecified atom stereocenters. The van der Waals surface area contributed by atoms with Gasteiger partial charge in [0.15, 0.2) is 5.78 Å². The van der Waals surface area contributed by atoms with Crippen LogP contribution in [0.4, 0.5) is 0 Å². The Morgan fingerprint density at radius 2 is 1.52 bits per heavy atom. The van der Waals surface area contributed by atoms with Gasteiger partial charge in [0.2, 0.25) is 0 Å². The summed E-state index contributed by atoms with van der Waals surface area (Å²) in [6, 6.07) is 23.5. The fourth-order valence-electron chi connectivity index (χ4n) is 3.50. The summed E-state index contributed by atoms with van der Waals surface area (Å²) in [5.41, 5.74) is 2.33. The SMILES string of the molecule is O=C(c1ccc(Cl)cc1)c1ccccc1C(=O)N1CCOC(c2ccccc2)C1. The van der Waals surface area contributed by atoms with Gasteiger partial charge in [-0.3, -0.25) is 9.59 Å². The number of rotatable bonds is 4. The number of carbonyl (C=O) groups is 2. The third-order valence-corrected chi connectivity index (χ3v) is 5.29. The van der Waals surface area contributed by atoms with Gasteiger partial charge in [-0.05, 0) is 35.9 Å². The summed E-state index contributed by atoms with van der Waals surface area (Å²) in [5.74, 6) is -0.356. The van der Waals surface area contributed by atoms with Crippen LogP contribution in [0.1, 0.15) is 37.9 Å². The lowest BCUT2D eigenvalue weighted by atomic mass is 9.97. The second-order valence-electron chi connectivity index (χ2n) is 6.90. The Kier molecular flexibility index (Phi) is 5.74. The number of hydrogen-bond donors (Lipinski definition) is 0. The third-order valence-electron chi connectivity index (χ3n) is 5.03. The van der Waals surface area contributed by atoms with Crippen LogP contribution in [-0.4, -0.2) is 36.3 Å². The summed E-state index contributed by atoms with van der Waals surface area (Å²) in [4.78, 5) is 28.1. The lowest BCUT2D eigenvalue weighted by molar-refractivity contribution is -0.0228. The molecule has 0 aliphatic carbocycles. The van der Waals surface area contributed by atoms with Gasteiger partial charge in [0, 0.05) is 22.7 Å². The summed E-state index contributed by atoms with van der Waals surface area (Å²) < 4.78 is 5.87. The van der Waals surface area contributed by atoms with Crippen molar-refractivity contribution in [3.05, 3.63) is 106 Å². The number of ketones is 1. The van der Waals surface area contributed by atoms with Crippen molar-refractivity contribution in [1.82, 2.24) is 4.90 Å². The zero-order valence-electron chi connectivity index (χ0n) is 15.8. The zero-order valence-corrected chi connectivity index (χ0v) is 16.5. The van der Waals surface area contributed by atoms with Gasteiger partial charge in [-0.2, -0.15) is 0 Å². The number of ether oxygens (including phenoxy) is 1. The Bertz CT molecular complexity index is 1020. The van der Waals surface area contributed by atoms with E-state index in [1.807, 2.05) is 30.3 Å². The lowest BCUT2D eigenvalue weighted by Gasteiger charge is -2.33. The standard InChI is InChI=1S/C24H20ClNO3/c25-19-12-10-18(11-13-19)23(27)20-8-4-5-9-21(20)24(28)26-14-15-29-22(16-26)17-6-2-1-3-7-17/h1-13,22H,14-16H2. The fourth-order valence-corrected chi connectivity index (χ4v) is 3.62. The Labute approximate surface area is 174 Å². The van der Waals surface area contributed by atoms with Gasteiger partial charge >= 0.3 is 0 Å². The maximum atomic E-state index is 13.3. The predicted molar refractivity (Wildman–Crippen MR) is 112 cm³/mol. The van der Waals surface area contributed by atoms with Crippen LogP contribution < -0.4 is 0 Å². The first-order valence-electron chi connectivity index (χ1n) is 9.48. The second kappa shape index (κ2) is 8.60. The maximum Gasteiger partial charge on any atom is 0.254 e. The summed E-state index contributed by atoms with van der Waals surface area (Å²) >= 11 is 5.93. The van der Waals surface area contributed by atoms with E-state index >= 15 is 0 Å². The largest absolute Gasteiger partial charge is 0.370 e. The molecule has 3 aromatic rings. The highest BCUT2D eigenvalue weighted by atomic mass is 35.5. The van der Waals surface area contributed by atoms with E-state index in [0.29, 0.717) is 41.4 Å². The number of hydrogen-bond acceptors (Lipinski definition) is 3. The number of carbonyl (C=O) groups excluding carboxylic acids is 2. The number of benzene rings is 3. The van der Waals surface area contributed by atoms with Gasteiger partial charge in [0.25, 0.3) is 5.91 Å². The van der Waals surface area contributed by atoms with Crippen molar-refractivity contribution in [3.63, 3.8) is 0 Å². The van der Waals surface area contributed by atoms with E-state index in [0.717, 1.165) is 5.56 Å². The van der Waals surface area contributed by atoms with E-state index in [4.69, 9.17) is 16.3 Å². The van der Waals surface area contributed by atoms with Crippen LogP contribution in [0.2, 0.25) is 5.02 Å². The normalized spacial score (nSPS) is 16.4. The minimum absolute atomic E-state index is 0.160. The molecule has 3 aromatic carbocycles. The van der Waals surface area contributed by atoms with Crippen LogP contribution >= 0.6 is 11.6 Å². The number of nitrogens with zero attached hydrogens (tertiary/aromatic N) is 1. The monoisotopic (exact) mass is 405 g/mol. The van der Waals surface area contributed by atoms with Crippen LogP contribution in [0.5, 0.6) is 0 Å². The molecular weight excluding hydrogens is 386 g/mol. The molecule has 1 heterocycles. The van der Waals surface area contributed by atoms with Gasteiger partial charge in [-0.15, -0.1) is 0 Å². The van der Waals surface area contributed by atoms with Gasteiger partial charge in [0.05, 0.1) is 18.7 Å². The molecule has 1 amide bonds. The molecule has 0 N–H and O–H groups in total. The molecule has 0 bridgehead atoms. The second-order valence-corrected chi connectivity index (χ2v) is 7.34. The van der Waals surface area contributed by atoms with Gasteiger partial charge in [-0.25, -0.2) is 0 Å². The number of morpholine rings is 1. The van der Waals surface area contributed by atoms with E-state index in [9.17, 15) is 9.59 Å². The molecule has 1 saturated heterocycles. The van der Waals surface area contributed by atoms with E-state index in [-0.39, 0.29) is 17.8 Å². The molecule has 1 atom stereocenters. The van der Waals surface area contributed by atoms with E-state index < -0.39 is 0 Å². The van der Waals surface area contributed by atoms with Crippen LogP contribution in [0.15, 0.2) is 78.9 Å². The molecule has 0 spiro atoms. The van der Waals surface area contributed by atoms with Crippen molar-refractivity contribution >= 4 is 23.3 Å². The molecular formula is C24H20ClNO3. The smallest absolute Gasteiger partial charge is 0.254 e. The Balaban J connectivity index is 1.59. The predicted octanol–water partition coefficient (Wildman–Crippen LogP) is 4.78. The molecule has 29 heavy (non-hydrogen) atoms. The van der Waals surface area contributed by atoms with Crippen molar-refractivity contribution in [2.24, 2.45) is 0 Å². The van der Waals surface area contributed by atoms with Gasteiger partial charge in [0.1, 0.15) is 6.10 Å². The molecule has 146 valence electrons. The Hall–Kier alpha value is -2.95. The van der Waals surface area contributed by atoms with E-state index in [2.05, 4.69) is 0 Å². The van der Waals surface area contributed by atoms with E-state index in [1.165, 1.54) is 0 Å². The summed E-state index contributed by atoms with van der Waals surface area (Å²) in [7, 11) is 0. The number of halogens is 1. The lowest BCUT2D eigenvalue weighted by Crippen LogP contribution is -2.42. The van der Waals surface area contributed by atoms with Crippen LogP contribution in [-0.2, 0) is 4.74 Å². The van der Waals surface area contributed by atoms with Gasteiger partial charge < -0.3 is 9.64 Å². The summed E-state index contributed by atoms with van der Waals surface area (Å²) in [6.45, 7) is 1.40. The third kappa shape index (κ3) is 4.24. The summed E-state index contributed by atoms with van der Waals surface area (Å²) in [5, 5.41) is 0.561. The van der Waals surface area contributed by atoms with Crippen molar-refractivity contribution < 1.29 is 14.3 Å². The molecule has 0 saturated carbocycles. The molecule has 1 aliphatic rings. The maximum absolute atomic E-state index is 13.3. The first kappa shape index (κ1) is 19.4. The first-order valence-corrected chi connectivity index (χ1v) is 9.86. The van der Waals surface area contributed by atoms with Crippen LogP contribution in [0.3, 0.4) is 0 Å². The topological polar surface area (TPSA) is 46.6 Å². The highest BCUT2D eigenvalue weighted by molar-refractivity contribution is 6.30. The summed E-state index contributed by atoms with van der Waals surface area (Å²) in [6.07, 6.45) is -0.173. The van der Waals surface area contributed by atoms with Crippen LogP contribution in [0, 0.1) is 0 Å². The highest BCUT2D eigenvalue weighted by Crippen LogP contribution is 2.24. The van der Waals surface area contributed by atoms with E-state index in [1.54, 1.807) is 53.4 Å². The Morgan fingerprint density at radius 3 is 2.24 bits per heavy atom. The van der Waals surface area contributed by atoms with Gasteiger partial charge in [-0.1, -0.05) is 60.1 Å². The molecule has 1 fully saturated rings. The number of amides is 1. The average molecular weight is 406 g/mol. The minimum Gasteiger partial charge on any atom is -0.370 e. The van der Waals surface area contributed by atoms with Crippen molar-refractivity contribution in [2.45, 2.75) is 6.10 Å². The van der Waals surface area contributed by atoms with Crippen molar-refractivity contribution in [2.75, 3.05) is 19.7 Å².